The maximum atomic E-state index is 12.1. The molecule has 6 nitrogen and oxygen atoms in total. The number of rotatable bonds is 5. The van der Waals surface area contributed by atoms with E-state index in [-0.39, 0.29) is 0 Å². The van der Waals surface area contributed by atoms with Gasteiger partial charge in [0.05, 0.1) is 5.69 Å². The molecule has 1 aromatic heterocycles. The molecule has 0 atom stereocenters. The Kier molecular flexibility index (Phi) is 6.54. The van der Waals surface area contributed by atoms with Crippen LogP contribution in [-0.2, 0) is 16.1 Å². The molecule has 142 valence electrons. The van der Waals surface area contributed by atoms with Crippen LogP contribution in [0.2, 0.25) is 0 Å². The minimum atomic E-state index is -0.614. The maximum absolute atomic E-state index is 12.1. The SMILES string of the molecule is Cc1ccccc1NC(=O)C(=O)NCC1CCN(Cc2ccccn2)CC1. The lowest BCUT2D eigenvalue weighted by atomic mass is 9.96. The predicted molar refractivity (Wildman–Crippen MR) is 105 cm³/mol. The van der Waals surface area contributed by atoms with Crippen molar-refractivity contribution in [1.82, 2.24) is 15.2 Å². The number of carbonyl (C=O) groups excluding carboxylic acids is 2. The molecule has 2 N–H and O–H groups in total. The quantitative estimate of drug-likeness (QED) is 0.797. The Morgan fingerprint density at radius 1 is 1.07 bits per heavy atom. The molecule has 1 aromatic carbocycles. The average molecular weight is 366 g/mol. The molecule has 0 radical (unpaired) electrons. The second-order valence-corrected chi connectivity index (χ2v) is 7.02. The summed E-state index contributed by atoms with van der Waals surface area (Å²) >= 11 is 0. The molecule has 1 aliphatic heterocycles. The third kappa shape index (κ3) is 5.62. The van der Waals surface area contributed by atoms with E-state index < -0.39 is 11.8 Å². The van der Waals surface area contributed by atoms with E-state index in [4.69, 9.17) is 0 Å². The summed E-state index contributed by atoms with van der Waals surface area (Å²) in [5, 5.41) is 5.44. The van der Waals surface area contributed by atoms with Crippen molar-refractivity contribution in [3.8, 4) is 0 Å². The van der Waals surface area contributed by atoms with Gasteiger partial charge in [-0.05, 0) is 62.5 Å². The van der Waals surface area contributed by atoms with Gasteiger partial charge in [0.1, 0.15) is 0 Å². The van der Waals surface area contributed by atoms with E-state index in [1.54, 1.807) is 6.07 Å². The van der Waals surface area contributed by atoms with E-state index in [1.165, 1.54) is 0 Å². The van der Waals surface area contributed by atoms with Gasteiger partial charge in [0.2, 0.25) is 0 Å². The van der Waals surface area contributed by atoms with Gasteiger partial charge >= 0.3 is 11.8 Å². The van der Waals surface area contributed by atoms with Crippen molar-refractivity contribution in [3.05, 3.63) is 59.9 Å². The van der Waals surface area contributed by atoms with Gasteiger partial charge in [0, 0.05) is 25.0 Å². The van der Waals surface area contributed by atoms with E-state index in [1.807, 2.05) is 49.5 Å². The van der Waals surface area contributed by atoms with Gasteiger partial charge in [0.25, 0.3) is 0 Å². The molecule has 1 fully saturated rings. The van der Waals surface area contributed by atoms with Crippen LogP contribution in [0.15, 0.2) is 48.7 Å². The standard InChI is InChI=1S/C21H26N4O2/c1-16-6-2-3-8-19(16)24-21(27)20(26)23-14-17-9-12-25(13-10-17)15-18-7-4-5-11-22-18/h2-8,11,17H,9-10,12-15H2,1H3,(H,23,26)(H,24,27). The van der Waals surface area contributed by atoms with Crippen LogP contribution in [0.1, 0.15) is 24.1 Å². The summed E-state index contributed by atoms with van der Waals surface area (Å²) in [6, 6.07) is 13.4. The molecule has 6 heteroatoms. The summed E-state index contributed by atoms with van der Waals surface area (Å²) in [5.41, 5.74) is 2.68. The van der Waals surface area contributed by atoms with Crippen molar-refractivity contribution in [2.45, 2.75) is 26.3 Å². The van der Waals surface area contributed by atoms with E-state index in [2.05, 4.69) is 20.5 Å². The van der Waals surface area contributed by atoms with Crippen LogP contribution in [0.3, 0.4) is 0 Å². The van der Waals surface area contributed by atoms with Gasteiger partial charge in [-0.3, -0.25) is 19.5 Å². The van der Waals surface area contributed by atoms with Gasteiger partial charge in [-0.15, -0.1) is 0 Å². The average Bonchev–Trinajstić information content (AvgIpc) is 2.69. The molecule has 1 saturated heterocycles. The molecule has 0 spiro atoms. The van der Waals surface area contributed by atoms with Crippen LogP contribution in [0, 0.1) is 12.8 Å². The zero-order valence-electron chi connectivity index (χ0n) is 15.6. The highest BCUT2D eigenvalue weighted by Gasteiger charge is 2.21. The third-order valence-corrected chi connectivity index (χ3v) is 4.97. The summed E-state index contributed by atoms with van der Waals surface area (Å²) in [5.74, 6) is -0.786. The second kappa shape index (κ2) is 9.28. The number of nitrogens with one attached hydrogen (secondary N) is 2. The Bertz CT molecular complexity index is 771. The molecule has 0 aliphatic carbocycles. The molecule has 2 aromatic rings. The van der Waals surface area contributed by atoms with Gasteiger partial charge in [0.15, 0.2) is 0 Å². The molecule has 3 rings (SSSR count). The summed E-state index contributed by atoms with van der Waals surface area (Å²) in [4.78, 5) is 30.9. The highest BCUT2D eigenvalue weighted by atomic mass is 16.2. The Morgan fingerprint density at radius 3 is 2.52 bits per heavy atom. The van der Waals surface area contributed by atoms with Crippen LogP contribution in [-0.4, -0.2) is 41.3 Å². The molecular formula is C21H26N4O2. The highest BCUT2D eigenvalue weighted by molar-refractivity contribution is 6.39. The molecule has 0 bridgehead atoms. The van der Waals surface area contributed by atoms with Crippen molar-refractivity contribution in [3.63, 3.8) is 0 Å². The monoisotopic (exact) mass is 366 g/mol. The maximum Gasteiger partial charge on any atom is 0.313 e. The zero-order chi connectivity index (χ0) is 19.1. The number of hydrogen-bond acceptors (Lipinski definition) is 4. The summed E-state index contributed by atoms with van der Waals surface area (Å²) in [6.07, 6.45) is 3.83. The fraction of sp³-hybridized carbons (Fsp3) is 0.381. The van der Waals surface area contributed by atoms with Crippen LogP contribution >= 0.6 is 0 Å². The number of aryl methyl sites for hydroxylation is 1. The Labute approximate surface area is 160 Å². The number of anilines is 1. The molecular weight excluding hydrogens is 340 g/mol. The first kappa shape index (κ1) is 19.0. The minimum absolute atomic E-state index is 0.403. The lowest BCUT2D eigenvalue weighted by Crippen LogP contribution is -2.41. The Balaban J connectivity index is 1.38. The molecule has 27 heavy (non-hydrogen) atoms. The smallest absolute Gasteiger partial charge is 0.313 e. The number of carbonyl (C=O) groups is 2. The fourth-order valence-electron chi connectivity index (χ4n) is 3.28. The number of benzene rings is 1. The highest BCUT2D eigenvalue weighted by Crippen LogP contribution is 2.18. The van der Waals surface area contributed by atoms with Gasteiger partial charge in [-0.25, -0.2) is 0 Å². The lowest BCUT2D eigenvalue weighted by molar-refractivity contribution is -0.136. The van der Waals surface area contributed by atoms with Crippen molar-refractivity contribution >= 4 is 17.5 Å². The summed E-state index contributed by atoms with van der Waals surface area (Å²) in [6.45, 7) is 5.25. The van der Waals surface area contributed by atoms with Crippen molar-refractivity contribution in [1.29, 1.82) is 0 Å². The van der Waals surface area contributed by atoms with Gasteiger partial charge < -0.3 is 10.6 Å². The van der Waals surface area contributed by atoms with Gasteiger partial charge in [-0.1, -0.05) is 24.3 Å². The minimum Gasteiger partial charge on any atom is -0.348 e. The molecule has 2 amide bonds. The summed E-state index contributed by atoms with van der Waals surface area (Å²) < 4.78 is 0. The number of hydrogen-bond donors (Lipinski definition) is 2. The zero-order valence-corrected chi connectivity index (χ0v) is 15.6. The largest absolute Gasteiger partial charge is 0.348 e. The number of aromatic nitrogens is 1. The second-order valence-electron chi connectivity index (χ2n) is 7.02. The first-order valence-electron chi connectivity index (χ1n) is 9.39. The van der Waals surface area contributed by atoms with Crippen LogP contribution in [0.5, 0.6) is 0 Å². The van der Waals surface area contributed by atoms with E-state index in [0.29, 0.717) is 18.2 Å². The van der Waals surface area contributed by atoms with E-state index >= 15 is 0 Å². The first-order valence-corrected chi connectivity index (χ1v) is 9.39. The molecule has 1 aliphatic rings. The van der Waals surface area contributed by atoms with Crippen LogP contribution in [0.25, 0.3) is 0 Å². The van der Waals surface area contributed by atoms with Crippen molar-refractivity contribution < 1.29 is 9.59 Å². The topological polar surface area (TPSA) is 74.3 Å². The number of likely N-dealkylation sites (tertiary alicyclic amines) is 1. The summed E-state index contributed by atoms with van der Waals surface area (Å²) in [7, 11) is 0. The van der Waals surface area contributed by atoms with Crippen molar-refractivity contribution in [2.75, 3.05) is 25.0 Å². The number of piperidine rings is 1. The molecule has 0 unspecified atom stereocenters. The van der Waals surface area contributed by atoms with Gasteiger partial charge in [-0.2, -0.15) is 0 Å². The number of amides is 2. The van der Waals surface area contributed by atoms with Crippen LogP contribution < -0.4 is 10.6 Å². The van der Waals surface area contributed by atoms with E-state index in [9.17, 15) is 9.59 Å². The third-order valence-electron chi connectivity index (χ3n) is 4.97. The number of para-hydroxylation sites is 1. The normalized spacial score (nSPS) is 15.3. The van der Waals surface area contributed by atoms with Crippen molar-refractivity contribution in [2.24, 2.45) is 5.92 Å². The first-order chi connectivity index (χ1) is 13.1. The molecule has 0 saturated carbocycles. The predicted octanol–water partition coefficient (Wildman–Crippen LogP) is 2.36. The number of pyridine rings is 1. The Morgan fingerprint density at radius 2 is 1.81 bits per heavy atom. The van der Waals surface area contributed by atoms with Crippen LogP contribution in [0.4, 0.5) is 5.69 Å². The lowest BCUT2D eigenvalue weighted by Gasteiger charge is -2.31. The Hall–Kier alpha value is -2.73. The molecule has 2 heterocycles. The fourth-order valence-corrected chi connectivity index (χ4v) is 3.28. The van der Waals surface area contributed by atoms with E-state index in [0.717, 1.165) is 43.7 Å². The number of nitrogens with zero attached hydrogens (tertiary/aromatic N) is 2.